The topological polar surface area (TPSA) is 3.88 Å². The van der Waals surface area contributed by atoms with Crippen LogP contribution in [0.1, 0.15) is 0 Å². The van der Waals surface area contributed by atoms with Gasteiger partial charge in [0.15, 0.2) is 0 Å². The summed E-state index contributed by atoms with van der Waals surface area (Å²) in [5.41, 5.74) is 6.93. The van der Waals surface area contributed by atoms with E-state index in [2.05, 4.69) is 117 Å². The van der Waals surface area contributed by atoms with Crippen LogP contribution in [-0.2, 0) is 6.67 Å². The highest BCUT2D eigenvalue weighted by atomic mass is 28.4. The van der Waals surface area contributed by atoms with E-state index in [9.17, 15) is 0 Å². The summed E-state index contributed by atoms with van der Waals surface area (Å²) in [5, 5.41) is 0. The van der Waals surface area contributed by atoms with Gasteiger partial charge in [0.05, 0.1) is 0 Å². The standard InChI is InChI=1S/C24H32N2Si2/c1-27(2,3)26(28(4,5)6)19-25-22(20-13-8-7-9-14-20)16-12-17-23(25)21-15-10-11-18-24(21)26/h7-18H,19H2,1-6H3/q+2. The maximum atomic E-state index is 2.61. The van der Waals surface area contributed by atoms with Gasteiger partial charge in [-0.05, 0) is 69.6 Å². The van der Waals surface area contributed by atoms with Gasteiger partial charge >= 0.3 is 0 Å². The Morgan fingerprint density at radius 3 is 1.86 bits per heavy atom. The molecule has 3 aromatic rings. The number of quaternary nitrogens is 1. The highest BCUT2D eigenvalue weighted by Gasteiger charge is 2.59. The molecule has 0 bridgehead atoms. The van der Waals surface area contributed by atoms with Gasteiger partial charge in [-0.2, -0.15) is 0 Å². The van der Waals surface area contributed by atoms with Gasteiger partial charge in [-0.1, -0.05) is 30.3 Å². The van der Waals surface area contributed by atoms with E-state index in [1.54, 1.807) is 5.69 Å². The molecule has 0 atom stereocenters. The van der Waals surface area contributed by atoms with Crippen molar-refractivity contribution in [2.24, 2.45) is 0 Å². The lowest BCUT2D eigenvalue weighted by Gasteiger charge is -2.55. The van der Waals surface area contributed by atoms with Crippen molar-refractivity contribution in [3.05, 3.63) is 72.8 Å². The monoisotopic (exact) mass is 404 g/mol. The molecule has 4 heteroatoms. The van der Waals surface area contributed by atoms with Gasteiger partial charge in [0.25, 0.3) is 23.1 Å². The first-order valence-electron chi connectivity index (χ1n) is 10.2. The molecule has 0 saturated heterocycles. The lowest BCUT2D eigenvalue weighted by Crippen LogP contribution is -2.81. The van der Waals surface area contributed by atoms with E-state index in [4.69, 9.17) is 0 Å². The summed E-state index contributed by atoms with van der Waals surface area (Å²) in [7, 11) is -3.21. The van der Waals surface area contributed by atoms with Crippen molar-refractivity contribution in [3.63, 3.8) is 0 Å². The maximum Gasteiger partial charge on any atom is 0.269 e. The van der Waals surface area contributed by atoms with Crippen LogP contribution in [0.2, 0.25) is 39.3 Å². The third kappa shape index (κ3) is 2.74. The van der Waals surface area contributed by atoms with Crippen LogP contribution in [0, 0.1) is 0 Å². The van der Waals surface area contributed by atoms with E-state index >= 15 is 0 Å². The zero-order chi connectivity index (χ0) is 20.2. The van der Waals surface area contributed by atoms with Gasteiger partial charge in [0.2, 0.25) is 11.4 Å². The lowest BCUT2D eigenvalue weighted by molar-refractivity contribution is -0.688. The van der Waals surface area contributed by atoms with E-state index in [-0.39, 0.29) is 0 Å². The van der Waals surface area contributed by atoms with Crippen molar-refractivity contribution in [1.82, 2.24) is 3.81 Å². The number of hydrogen-bond acceptors (Lipinski definition) is 0. The first kappa shape index (κ1) is 19.3. The summed E-state index contributed by atoms with van der Waals surface area (Å²) >= 11 is 0. The number of benzene rings is 2. The second-order valence-corrected chi connectivity index (χ2v) is 20.6. The Labute approximate surface area is 171 Å². The van der Waals surface area contributed by atoms with Crippen molar-refractivity contribution in [2.45, 2.75) is 46.0 Å². The molecule has 0 fully saturated rings. The smallest absolute Gasteiger partial charge is 0.269 e. The molecule has 0 saturated carbocycles. The number of nitrogens with zero attached hydrogens (tertiary/aromatic N) is 2. The summed E-state index contributed by atoms with van der Waals surface area (Å²) in [5.74, 6) is 0. The number of fused-ring (bicyclic) bond motifs is 3. The predicted octanol–water partition coefficient (Wildman–Crippen LogP) is 6.26. The van der Waals surface area contributed by atoms with Gasteiger partial charge in [-0.25, -0.2) is 0 Å². The first-order valence-corrected chi connectivity index (χ1v) is 17.1. The minimum Gasteiger partial charge on any atom is -0.355 e. The molecule has 1 aliphatic rings. The molecule has 0 radical (unpaired) electrons. The van der Waals surface area contributed by atoms with Crippen LogP contribution < -0.4 is 8.38 Å². The number of rotatable bonds is 3. The van der Waals surface area contributed by atoms with Crippen molar-refractivity contribution in [3.8, 4) is 22.5 Å². The van der Waals surface area contributed by atoms with Crippen molar-refractivity contribution < 1.29 is 4.57 Å². The molecule has 144 valence electrons. The fourth-order valence-corrected chi connectivity index (χ4v) is 16.3. The predicted molar refractivity (Wildman–Crippen MR) is 126 cm³/mol. The Kier molecular flexibility index (Phi) is 4.49. The van der Waals surface area contributed by atoms with Crippen LogP contribution in [0.5, 0.6) is 0 Å². The number of hydrogen-bond donors (Lipinski definition) is 0. The van der Waals surface area contributed by atoms with Gasteiger partial charge in [-0.3, -0.25) is 0 Å². The van der Waals surface area contributed by atoms with Gasteiger partial charge in [-0.15, -0.1) is 4.57 Å². The molecule has 0 aliphatic carbocycles. The number of pyridine rings is 1. The van der Waals surface area contributed by atoms with Crippen LogP contribution in [0.3, 0.4) is 0 Å². The molecule has 28 heavy (non-hydrogen) atoms. The molecule has 2 heterocycles. The summed E-state index contributed by atoms with van der Waals surface area (Å²) in [4.78, 5) is 0. The Balaban J connectivity index is 2.09. The highest BCUT2D eigenvalue weighted by Crippen LogP contribution is 2.46. The minimum atomic E-state index is -1.61. The van der Waals surface area contributed by atoms with Gasteiger partial charge < -0.3 is 3.81 Å². The zero-order valence-corrected chi connectivity index (χ0v) is 20.0. The Morgan fingerprint density at radius 1 is 0.643 bits per heavy atom. The molecule has 0 unspecified atom stereocenters. The average molecular weight is 405 g/mol. The van der Waals surface area contributed by atoms with Crippen molar-refractivity contribution >= 4 is 22.2 Å². The molecular weight excluding hydrogens is 372 g/mol. The molecule has 2 nitrogen and oxygen atoms in total. The Morgan fingerprint density at radius 2 is 1.21 bits per heavy atom. The molecule has 4 rings (SSSR count). The van der Waals surface area contributed by atoms with Crippen molar-refractivity contribution in [2.75, 3.05) is 0 Å². The largest absolute Gasteiger partial charge is 0.355 e. The zero-order valence-electron chi connectivity index (χ0n) is 18.0. The van der Waals surface area contributed by atoms with Crippen LogP contribution in [0.25, 0.3) is 22.5 Å². The third-order valence-electron chi connectivity index (χ3n) is 6.39. The quantitative estimate of drug-likeness (QED) is 0.358. The average Bonchev–Trinajstić information content (AvgIpc) is 2.65. The van der Waals surface area contributed by atoms with Crippen LogP contribution >= 0.6 is 0 Å². The van der Waals surface area contributed by atoms with Crippen LogP contribution in [0.15, 0.2) is 72.8 Å². The van der Waals surface area contributed by atoms with E-state index in [1.807, 2.05) is 0 Å². The van der Waals surface area contributed by atoms with Crippen LogP contribution in [0.4, 0.5) is 5.69 Å². The molecule has 0 spiro atoms. The molecule has 0 N–H and O–H groups in total. The number of para-hydroxylation sites is 1. The van der Waals surface area contributed by atoms with E-state index < -0.39 is 16.5 Å². The summed E-state index contributed by atoms with van der Waals surface area (Å²) in [6, 6.07) is 26.8. The van der Waals surface area contributed by atoms with Crippen molar-refractivity contribution in [1.29, 1.82) is 0 Å². The van der Waals surface area contributed by atoms with E-state index in [0.29, 0.717) is 0 Å². The fourth-order valence-electron chi connectivity index (χ4n) is 5.25. The Hall–Kier alpha value is -2.02. The van der Waals surface area contributed by atoms with Crippen LogP contribution in [-0.4, -0.2) is 16.5 Å². The van der Waals surface area contributed by atoms with E-state index in [0.717, 1.165) is 6.67 Å². The molecule has 2 aromatic carbocycles. The normalized spacial score (nSPS) is 15.6. The lowest BCUT2D eigenvalue weighted by atomic mass is 10.0. The second kappa shape index (κ2) is 6.51. The molecular formula is C24H32N2Si2+2. The Bertz CT molecular complexity index is 987. The van der Waals surface area contributed by atoms with E-state index in [1.165, 1.54) is 26.3 Å². The SMILES string of the molecule is C[Si](C)(C)[N+]1([Si](C)(C)C)C[n+]2c(-c3ccccc3)cccc2-c2ccccc21. The first-order chi connectivity index (χ1) is 13.2. The highest BCUT2D eigenvalue weighted by molar-refractivity contribution is 6.95. The summed E-state index contributed by atoms with van der Waals surface area (Å²) in [6.45, 7) is 16.4. The molecule has 0 amide bonds. The third-order valence-corrected chi connectivity index (χ3v) is 15.8. The minimum absolute atomic E-state index is 1.04. The second-order valence-electron chi connectivity index (χ2n) is 9.90. The maximum absolute atomic E-state index is 2.61. The summed E-state index contributed by atoms with van der Waals surface area (Å²) < 4.78 is 3.78. The molecule has 1 aromatic heterocycles. The van der Waals surface area contributed by atoms with Gasteiger partial charge in [0, 0.05) is 17.7 Å². The summed E-state index contributed by atoms with van der Waals surface area (Å²) in [6.07, 6.45) is 0. The fraction of sp³-hybridized carbons (Fsp3) is 0.292. The van der Waals surface area contributed by atoms with Gasteiger partial charge in [0.1, 0.15) is 11.3 Å². The number of aromatic nitrogens is 1. The molecule has 1 aliphatic heterocycles.